The highest BCUT2D eigenvalue weighted by Gasteiger charge is 2.29. The molecule has 12 heteroatoms. The number of anilines is 1. The average Bonchev–Trinajstić information content (AvgIpc) is 3.37. The van der Waals surface area contributed by atoms with E-state index < -0.39 is 14.9 Å². The molecule has 1 fully saturated rings. The Morgan fingerprint density at radius 3 is 2.71 bits per heavy atom. The van der Waals surface area contributed by atoms with E-state index in [0.717, 1.165) is 31.7 Å². The second-order valence-corrected chi connectivity index (χ2v) is 9.58. The van der Waals surface area contributed by atoms with Crippen LogP contribution in [0.3, 0.4) is 0 Å². The molecule has 0 bridgehead atoms. The molecule has 3 rings (SSSR count). The largest absolute Gasteiger partial charge is 0.295 e. The van der Waals surface area contributed by atoms with Crippen LogP contribution in [-0.2, 0) is 16.6 Å². The predicted octanol–water partition coefficient (Wildman–Crippen LogP) is 3.78. The SMILES string of the molecule is CCCCn1nc(C)c(/C=N/Nc2ccc(S(=O)(=O)N3CCCC3)cc2[N+](=O)[O-])c1Cl. The number of unbranched alkanes of at least 4 members (excludes halogenated alkanes) is 1. The lowest BCUT2D eigenvalue weighted by Crippen LogP contribution is -2.27. The van der Waals surface area contributed by atoms with E-state index in [2.05, 4.69) is 22.5 Å². The van der Waals surface area contributed by atoms with Gasteiger partial charge in [0.05, 0.1) is 27.3 Å². The predicted molar refractivity (Wildman–Crippen MR) is 119 cm³/mol. The molecule has 1 aliphatic rings. The first-order chi connectivity index (χ1) is 14.8. The van der Waals surface area contributed by atoms with Crippen molar-refractivity contribution in [2.45, 2.75) is 51.0 Å². The van der Waals surface area contributed by atoms with Crippen LogP contribution in [0.2, 0.25) is 5.15 Å². The van der Waals surface area contributed by atoms with Crippen molar-refractivity contribution >= 4 is 39.2 Å². The van der Waals surface area contributed by atoms with Gasteiger partial charge in [-0.05, 0) is 38.3 Å². The summed E-state index contributed by atoms with van der Waals surface area (Å²) in [5, 5.41) is 20.4. The quantitative estimate of drug-likeness (QED) is 0.339. The number of nitrogens with zero attached hydrogens (tertiary/aromatic N) is 5. The average molecular weight is 469 g/mol. The molecule has 1 aromatic heterocycles. The third-order valence-corrected chi connectivity index (χ3v) is 7.37. The Morgan fingerprint density at radius 1 is 1.35 bits per heavy atom. The summed E-state index contributed by atoms with van der Waals surface area (Å²) in [6, 6.07) is 3.75. The number of nitro benzene ring substituents is 1. The highest BCUT2D eigenvalue weighted by molar-refractivity contribution is 7.89. The highest BCUT2D eigenvalue weighted by Crippen LogP contribution is 2.30. The normalized spacial score (nSPS) is 15.1. The number of hydrogen-bond acceptors (Lipinski definition) is 7. The van der Waals surface area contributed by atoms with E-state index in [9.17, 15) is 18.5 Å². The molecule has 0 radical (unpaired) electrons. The molecular weight excluding hydrogens is 444 g/mol. The minimum absolute atomic E-state index is 0.0776. The topological polar surface area (TPSA) is 123 Å². The second kappa shape index (κ2) is 9.75. The van der Waals surface area contributed by atoms with Gasteiger partial charge in [-0.25, -0.2) is 8.42 Å². The first-order valence-corrected chi connectivity index (χ1v) is 11.9. The Kier molecular flexibility index (Phi) is 7.29. The van der Waals surface area contributed by atoms with Crippen molar-refractivity contribution in [1.29, 1.82) is 0 Å². The number of nitrogens with one attached hydrogen (secondary N) is 1. The molecule has 168 valence electrons. The molecule has 0 unspecified atom stereocenters. The van der Waals surface area contributed by atoms with Crippen molar-refractivity contribution in [3.05, 3.63) is 44.7 Å². The van der Waals surface area contributed by atoms with E-state index in [4.69, 9.17) is 11.6 Å². The van der Waals surface area contributed by atoms with Crippen LogP contribution in [-0.4, -0.2) is 46.7 Å². The number of hydrogen-bond donors (Lipinski definition) is 1. The number of halogens is 1. The monoisotopic (exact) mass is 468 g/mol. The van der Waals surface area contributed by atoms with E-state index in [0.29, 0.717) is 36.0 Å². The molecule has 0 spiro atoms. The van der Waals surface area contributed by atoms with E-state index in [1.807, 2.05) is 0 Å². The van der Waals surface area contributed by atoms with Crippen molar-refractivity contribution in [3.63, 3.8) is 0 Å². The third-order valence-electron chi connectivity index (χ3n) is 5.08. The lowest BCUT2D eigenvalue weighted by atomic mass is 10.3. The van der Waals surface area contributed by atoms with Gasteiger partial charge in [0.2, 0.25) is 10.0 Å². The Bertz CT molecular complexity index is 1090. The summed E-state index contributed by atoms with van der Waals surface area (Å²) in [5.74, 6) is 0. The molecule has 1 aliphatic heterocycles. The van der Waals surface area contributed by atoms with Crippen molar-refractivity contribution in [3.8, 4) is 0 Å². The summed E-state index contributed by atoms with van der Waals surface area (Å²) in [5.41, 5.74) is 3.62. The zero-order valence-electron chi connectivity index (χ0n) is 17.4. The van der Waals surface area contributed by atoms with Crippen LogP contribution in [0.4, 0.5) is 11.4 Å². The summed E-state index contributed by atoms with van der Waals surface area (Å²) in [6.45, 7) is 5.41. The van der Waals surface area contributed by atoms with Gasteiger partial charge in [-0.2, -0.15) is 14.5 Å². The maximum Gasteiger partial charge on any atom is 0.295 e. The number of sulfonamides is 1. The molecule has 1 saturated heterocycles. The third kappa shape index (κ3) is 5.05. The summed E-state index contributed by atoms with van der Waals surface area (Å²) in [7, 11) is -3.76. The highest BCUT2D eigenvalue weighted by atomic mass is 35.5. The van der Waals surface area contributed by atoms with Crippen LogP contribution in [0.15, 0.2) is 28.2 Å². The molecule has 1 N–H and O–H groups in total. The van der Waals surface area contributed by atoms with Gasteiger partial charge in [-0.3, -0.25) is 20.2 Å². The molecule has 0 atom stereocenters. The first kappa shape index (κ1) is 23.2. The summed E-state index contributed by atoms with van der Waals surface area (Å²) >= 11 is 6.36. The fourth-order valence-electron chi connectivity index (χ4n) is 3.33. The smallest absolute Gasteiger partial charge is 0.272 e. The number of hydrazone groups is 1. The molecular formula is C19H25ClN6O4S. The zero-order valence-corrected chi connectivity index (χ0v) is 19.0. The molecule has 2 aromatic rings. The van der Waals surface area contributed by atoms with Crippen LogP contribution in [0.25, 0.3) is 0 Å². The van der Waals surface area contributed by atoms with Crippen molar-refractivity contribution in [2.24, 2.45) is 5.10 Å². The maximum atomic E-state index is 12.7. The van der Waals surface area contributed by atoms with Crippen molar-refractivity contribution < 1.29 is 13.3 Å². The van der Waals surface area contributed by atoms with Gasteiger partial charge in [-0.15, -0.1) is 0 Å². The van der Waals surface area contributed by atoms with E-state index >= 15 is 0 Å². The number of aryl methyl sites for hydroxylation is 2. The summed E-state index contributed by atoms with van der Waals surface area (Å²) in [6.07, 6.45) is 4.97. The molecule has 31 heavy (non-hydrogen) atoms. The lowest BCUT2D eigenvalue weighted by molar-refractivity contribution is -0.384. The Morgan fingerprint density at radius 2 is 2.06 bits per heavy atom. The minimum atomic E-state index is -3.76. The number of aromatic nitrogens is 2. The second-order valence-electron chi connectivity index (χ2n) is 7.28. The Labute approximate surface area is 186 Å². The number of rotatable bonds is 9. The van der Waals surface area contributed by atoms with Gasteiger partial charge in [0.1, 0.15) is 10.8 Å². The molecule has 10 nitrogen and oxygen atoms in total. The van der Waals surface area contributed by atoms with Gasteiger partial charge in [0.25, 0.3) is 5.69 Å². The lowest BCUT2D eigenvalue weighted by Gasteiger charge is -2.15. The summed E-state index contributed by atoms with van der Waals surface area (Å²) in [4.78, 5) is 10.8. The Hall–Kier alpha value is -2.50. The standard InChI is InChI=1S/C19H25ClN6O4S/c1-3-4-11-25-19(20)16(14(2)23-25)13-21-22-17-8-7-15(12-18(17)26(27)28)31(29,30)24-9-5-6-10-24/h7-8,12-13,22H,3-6,9-11H2,1-2H3/b21-13+. The maximum absolute atomic E-state index is 12.7. The first-order valence-electron chi connectivity index (χ1n) is 10.1. The number of benzene rings is 1. The van der Waals surface area contributed by atoms with Crippen LogP contribution in [0, 0.1) is 17.0 Å². The molecule has 0 saturated carbocycles. The van der Waals surface area contributed by atoms with Crippen LogP contribution in [0.5, 0.6) is 0 Å². The van der Waals surface area contributed by atoms with Gasteiger partial charge in [0, 0.05) is 25.7 Å². The van der Waals surface area contributed by atoms with Crippen LogP contribution < -0.4 is 5.43 Å². The Balaban J connectivity index is 1.82. The van der Waals surface area contributed by atoms with Crippen LogP contribution >= 0.6 is 11.6 Å². The van der Waals surface area contributed by atoms with E-state index in [-0.39, 0.29) is 16.3 Å². The van der Waals surface area contributed by atoms with Gasteiger partial charge < -0.3 is 0 Å². The van der Waals surface area contributed by atoms with Gasteiger partial charge in [-0.1, -0.05) is 24.9 Å². The van der Waals surface area contributed by atoms with Crippen molar-refractivity contribution in [2.75, 3.05) is 18.5 Å². The van der Waals surface area contributed by atoms with E-state index in [1.54, 1.807) is 11.6 Å². The fourth-order valence-corrected chi connectivity index (χ4v) is 5.18. The fraction of sp³-hybridized carbons (Fsp3) is 0.474. The molecule has 2 heterocycles. The van der Waals surface area contributed by atoms with E-state index in [1.165, 1.54) is 22.7 Å². The molecule has 0 amide bonds. The summed E-state index contributed by atoms with van der Waals surface area (Å²) < 4.78 is 28.4. The number of nitro groups is 1. The zero-order chi connectivity index (χ0) is 22.6. The van der Waals surface area contributed by atoms with Gasteiger partial charge >= 0.3 is 0 Å². The molecule has 1 aromatic carbocycles. The molecule has 0 aliphatic carbocycles. The van der Waals surface area contributed by atoms with Gasteiger partial charge in [0.15, 0.2) is 0 Å². The minimum Gasteiger partial charge on any atom is -0.272 e. The van der Waals surface area contributed by atoms with Crippen LogP contribution in [0.1, 0.15) is 43.9 Å². The van der Waals surface area contributed by atoms with Crippen molar-refractivity contribution in [1.82, 2.24) is 14.1 Å².